The van der Waals surface area contributed by atoms with Crippen molar-refractivity contribution in [3.63, 3.8) is 0 Å². The first kappa shape index (κ1) is 18.0. The van der Waals surface area contributed by atoms with Gasteiger partial charge in [0, 0.05) is 22.8 Å². The average Bonchev–Trinajstić information content (AvgIpc) is 2.56. The van der Waals surface area contributed by atoms with Crippen LogP contribution in [0.15, 0.2) is 42.5 Å². The van der Waals surface area contributed by atoms with Gasteiger partial charge in [-0.3, -0.25) is 9.59 Å². The highest BCUT2D eigenvalue weighted by molar-refractivity contribution is 6.39. The van der Waals surface area contributed by atoms with Gasteiger partial charge >= 0.3 is 11.8 Å². The van der Waals surface area contributed by atoms with E-state index >= 15 is 0 Å². The quantitative estimate of drug-likeness (QED) is 0.745. The highest BCUT2D eigenvalue weighted by atomic mass is 35.5. The number of aliphatic hydroxyl groups excluding tert-OH is 1. The van der Waals surface area contributed by atoms with Gasteiger partial charge in [-0.1, -0.05) is 41.9 Å². The Balaban J connectivity index is 1.93. The van der Waals surface area contributed by atoms with E-state index < -0.39 is 17.9 Å². The van der Waals surface area contributed by atoms with Crippen LogP contribution in [0.5, 0.6) is 0 Å². The zero-order valence-electron chi connectivity index (χ0n) is 13.5. The molecule has 0 spiro atoms. The number of nitrogens with one attached hydrogen (secondary N) is 2. The molecule has 0 aliphatic rings. The number of amides is 2. The predicted octanol–water partition coefficient (Wildman–Crippen LogP) is 2.75. The van der Waals surface area contributed by atoms with Crippen molar-refractivity contribution in [2.45, 2.75) is 20.0 Å². The second-order valence-corrected chi connectivity index (χ2v) is 5.93. The topological polar surface area (TPSA) is 78.4 Å². The molecule has 0 aliphatic carbocycles. The number of benzene rings is 2. The summed E-state index contributed by atoms with van der Waals surface area (Å²) in [4.78, 5) is 23.9. The molecule has 126 valence electrons. The van der Waals surface area contributed by atoms with E-state index in [4.69, 9.17) is 11.6 Å². The van der Waals surface area contributed by atoms with Crippen LogP contribution in [0.3, 0.4) is 0 Å². The monoisotopic (exact) mass is 346 g/mol. The fourth-order valence-corrected chi connectivity index (χ4v) is 2.44. The molecule has 3 N–H and O–H groups in total. The third kappa shape index (κ3) is 4.57. The SMILES string of the molecule is Cc1ccc(C)c(NC(=O)C(=O)NC[C@H](O)c2ccccc2Cl)c1. The van der Waals surface area contributed by atoms with Crippen LogP contribution in [-0.4, -0.2) is 23.5 Å². The van der Waals surface area contributed by atoms with Gasteiger partial charge in [-0.15, -0.1) is 0 Å². The lowest BCUT2D eigenvalue weighted by atomic mass is 10.1. The minimum Gasteiger partial charge on any atom is -0.387 e. The molecule has 0 aliphatic heterocycles. The molecule has 6 heteroatoms. The van der Waals surface area contributed by atoms with E-state index in [9.17, 15) is 14.7 Å². The summed E-state index contributed by atoms with van der Waals surface area (Å²) in [7, 11) is 0. The van der Waals surface area contributed by atoms with Crippen LogP contribution >= 0.6 is 11.6 Å². The Morgan fingerprint density at radius 1 is 1.12 bits per heavy atom. The molecule has 5 nitrogen and oxygen atoms in total. The van der Waals surface area contributed by atoms with E-state index in [1.54, 1.807) is 30.3 Å². The van der Waals surface area contributed by atoms with Crippen molar-refractivity contribution in [3.8, 4) is 0 Å². The van der Waals surface area contributed by atoms with Crippen LogP contribution in [0.4, 0.5) is 5.69 Å². The largest absolute Gasteiger partial charge is 0.387 e. The van der Waals surface area contributed by atoms with E-state index in [-0.39, 0.29) is 6.54 Å². The van der Waals surface area contributed by atoms with Gasteiger partial charge in [0.1, 0.15) is 0 Å². The van der Waals surface area contributed by atoms with Crippen LogP contribution in [0.25, 0.3) is 0 Å². The Labute approximate surface area is 145 Å². The summed E-state index contributed by atoms with van der Waals surface area (Å²) in [5.74, 6) is -1.60. The van der Waals surface area contributed by atoms with Gasteiger partial charge in [0.15, 0.2) is 0 Å². The molecule has 0 radical (unpaired) electrons. The number of carbonyl (C=O) groups is 2. The van der Waals surface area contributed by atoms with Crippen molar-refractivity contribution in [1.82, 2.24) is 5.32 Å². The lowest BCUT2D eigenvalue weighted by molar-refractivity contribution is -0.136. The Morgan fingerprint density at radius 3 is 2.54 bits per heavy atom. The van der Waals surface area contributed by atoms with Crippen LogP contribution < -0.4 is 10.6 Å². The fraction of sp³-hybridized carbons (Fsp3) is 0.222. The second-order valence-electron chi connectivity index (χ2n) is 5.52. The summed E-state index contributed by atoms with van der Waals surface area (Å²) in [5, 5.41) is 15.4. The number of hydrogen-bond donors (Lipinski definition) is 3. The molecule has 0 aromatic heterocycles. The van der Waals surface area contributed by atoms with Crippen molar-refractivity contribution in [2.24, 2.45) is 0 Å². The van der Waals surface area contributed by atoms with Crippen LogP contribution in [-0.2, 0) is 9.59 Å². The molecule has 2 rings (SSSR count). The fourth-order valence-electron chi connectivity index (χ4n) is 2.17. The molecular weight excluding hydrogens is 328 g/mol. The van der Waals surface area contributed by atoms with Gasteiger partial charge < -0.3 is 15.7 Å². The van der Waals surface area contributed by atoms with Crippen molar-refractivity contribution >= 4 is 29.1 Å². The Hall–Kier alpha value is -2.37. The summed E-state index contributed by atoms with van der Waals surface area (Å²) < 4.78 is 0. The second kappa shape index (κ2) is 7.95. The highest BCUT2D eigenvalue weighted by Gasteiger charge is 2.17. The normalized spacial score (nSPS) is 11.7. The molecule has 0 bridgehead atoms. The number of aliphatic hydroxyl groups is 1. The summed E-state index contributed by atoms with van der Waals surface area (Å²) in [6.07, 6.45) is -0.990. The third-order valence-corrected chi connectivity index (χ3v) is 3.91. The highest BCUT2D eigenvalue weighted by Crippen LogP contribution is 2.21. The number of aryl methyl sites for hydroxylation is 2. The Morgan fingerprint density at radius 2 is 1.83 bits per heavy atom. The maximum atomic E-state index is 12.0. The van der Waals surface area contributed by atoms with Gasteiger partial charge in [0.2, 0.25) is 0 Å². The lowest BCUT2D eigenvalue weighted by Gasteiger charge is -2.14. The number of halogens is 1. The van der Waals surface area contributed by atoms with Gasteiger partial charge in [-0.05, 0) is 37.1 Å². The molecule has 2 aromatic rings. The molecule has 0 fully saturated rings. The first-order chi connectivity index (χ1) is 11.4. The molecule has 0 saturated heterocycles. The standard InChI is InChI=1S/C18H19ClN2O3/c1-11-7-8-12(2)15(9-11)21-18(24)17(23)20-10-16(22)13-5-3-4-6-14(13)19/h3-9,16,22H,10H2,1-2H3,(H,20,23)(H,21,24)/t16-/m0/s1. The van der Waals surface area contributed by atoms with Gasteiger partial charge in [-0.2, -0.15) is 0 Å². The minimum absolute atomic E-state index is 0.108. The summed E-state index contributed by atoms with van der Waals surface area (Å²) in [5.41, 5.74) is 2.92. The van der Waals surface area contributed by atoms with Crippen molar-refractivity contribution in [3.05, 3.63) is 64.2 Å². The van der Waals surface area contributed by atoms with Gasteiger partial charge in [0.05, 0.1) is 6.10 Å². The van der Waals surface area contributed by atoms with Crippen LogP contribution in [0.1, 0.15) is 22.8 Å². The number of anilines is 1. The maximum Gasteiger partial charge on any atom is 0.313 e. The van der Waals surface area contributed by atoms with E-state index in [1.165, 1.54) is 0 Å². The zero-order chi connectivity index (χ0) is 17.7. The first-order valence-corrected chi connectivity index (χ1v) is 7.85. The molecule has 0 unspecified atom stereocenters. The van der Waals surface area contributed by atoms with E-state index in [2.05, 4.69) is 10.6 Å². The van der Waals surface area contributed by atoms with Gasteiger partial charge in [-0.25, -0.2) is 0 Å². The number of hydrogen-bond acceptors (Lipinski definition) is 3. The Kier molecular flexibility index (Phi) is 5.95. The summed E-state index contributed by atoms with van der Waals surface area (Å²) in [6, 6.07) is 12.4. The van der Waals surface area contributed by atoms with Gasteiger partial charge in [0.25, 0.3) is 0 Å². The average molecular weight is 347 g/mol. The smallest absolute Gasteiger partial charge is 0.313 e. The zero-order valence-corrected chi connectivity index (χ0v) is 14.2. The van der Waals surface area contributed by atoms with E-state index in [0.29, 0.717) is 16.3 Å². The van der Waals surface area contributed by atoms with Crippen molar-refractivity contribution < 1.29 is 14.7 Å². The van der Waals surface area contributed by atoms with E-state index in [1.807, 2.05) is 26.0 Å². The van der Waals surface area contributed by atoms with Crippen molar-refractivity contribution in [1.29, 1.82) is 0 Å². The molecule has 0 saturated carbocycles. The Bertz CT molecular complexity index is 762. The lowest BCUT2D eigenvalue weighted by Crippen LogP contribution is -2.37. The first-order valence-electron chi connectivity index (χ1n) is 7.47. The molecule has 1 atom stereocenters. The molecule has 2 aromatic carbocycles. The van der Waals surface area contributed by atoms with Crippen LogP contribution in [0, 0.1) is 13.8 Å². The predicted molar refractivity (Wildman–Crippen MR) is 94.0 cm³/mol. The molecular formula is C18H19ClN2O3. The van der Waals surface area contributed by atoms with E-state index in [0.717, 1.165) is 11.1 Å². The summed E-state index contributed by atoms with van der Waals surface area (Å²) in [6.45, 7) is 3.63. The third-order valence-electron chi connectivity index (χ3n) is 3.57. The minimum atomic E-state index is -0.990. The molecule has 2 amide bonds. The summed E-state index contributed by atoms with van der Waals surface area (Å²) >= 11 is 5.98. The number of rotatable bonds is 4. The van der Waals surface area contributed by atoms with Crippen molar-refractivity contribution in [2.75, 3.05) is 11.9 Å². The number of carbonyl (C=O) groups excluding carboxylic acids is 2. The molecule has 24 heavy (non-hydrogen) atoms. The maximum absolute atomic E-state index is 12.0. The van der Waals surface area contributed by atoms with Crippen LogP contribution in [0.2, 0.25) is 5.02 Å². The molecule has 0 heterocycles.